The number of hydrogen-bond donors (Lipinski definition) is 2. The summed E-state index contributed by atoms with van der Waals surface area (Å²) in [5, 5.41) is 23.0. The van der Waals surface area contributed by atoms with E-state index in [1.54, 1.807) is 0 Å². The standard InChI is InChI=1S/C14H24N2O/c15-10-12-6-2-3-7-13(12)16-11-14(17)8-4-1-5-9-14/h12-13,16-17H,1-9,11H2. The Balaban J connectivity index is 1.81. The maximum absolute atomic E-state index is 10.4. The zero-order valence-corrected chi connectivity index (χ0v) is 10.6. The maximum Gasteiger partial charge on any atom is 0.0771 e. The van der Waals surface area contributed by atoms with Crippen molar-refractivity contribution in [3.8, 4) is 6.07 Å². The molecule has 2 aliphatic carbocycles. The second-order valence-corrected chi connectivity index (χ2v) is 5.79. The fourth-order valence-corrected chi connectivity index (χ4v) is 3.24. The van der Waals surface area contributed by atoms with Crippen molar-refractivity contribution < 1.29 is 5.11 Å². The molecule has 96 valence electrons. The smallest absolute Gasteiger partial charge is 0.0771 e. The zero-order valence-electron chi connectivity index (χ0n) is 10.6. The van der Waals surface area contributed by atoms with Gasteiger partial charge < -0.3 is 10.4 Å². The van der Waals surface area contributed by atoms with Crippen LogP contribution >= 0.6 is 0 Å². The van der Waals surface area contributed by atoms with Crippen LogP contribution in [-0.2, 0) is 0 Å². The van der Waals surface area contributed by atoms with Crippen LogP contribution in [0.5, 0.6) is 0 Å². The molecule has 2 rings (SSSR count). The van der Waals surface area contributed by atoms with Gasteiger partial charge in [-0.2, -0.15) is 5.26 Å². The fraction of sp³-hybridized carbons (Fsp3) is 0.929. The lowest BCUT2D eigenvalue weighted by atomic mass is 9.82. The van der Waals surface area contributed by atoms with Crippen molar-refractivity contribution in [2.75, 3.05) is 6.54 Å². The van der Waals surface area contributed by atoms with Crippen molar-refractivity contribution in [2.24, 2.45) is 5.92 Å². The fourth-order valence-electron chi connectivity index (χ4n) is 3.24. The van der Waals surface area contributed by atoms with E-state index >= 15 is 0 Å². The molecular formula is C14H24N2O. The highest BCUT2D eigenvalue weighted by atomic mass is 16.3. The van der Waals surface area contributed by atoms with Crippen LogP contribution in [0.2, 0.25) is 0 Å². The zero-order chi connectivity index (χ0) is 12.1. The number of aliphatic hydroxyl groups is 1. The van der Waals surface area contributed by atoms with E-state index in [2.05, 4.69) is 11.4 Å². The van der Waals surface area contributed by atoms with Gasteiger partial charge in [0.1, 0.15) is 0 Å². The van der Waals surface area contributed by atoms with Gasteiger partial charge in [-0.25, -0.2) is 0 Å². The molecule has 2 aliphatic rings. The van der Waals surface area contributed by atoms with E-state index in [0.717, 1.165) is 38.5 Å². The van der Waals surface area contributed by atoms with Gasteiger partial charge in [0.15, 0.2) is 0 Å². The minimum Gasteiger partial charge on any atom is -0.389 e. The summed E-state index contributed by atoms with van der Waals surface area (Å²) in [5.41, 5.74) is -0.504. The van der Waals surface area contributed by atoms with Crippen LogP contribution in [0.25, 0.3) is 0 Å². The van der Waals surface area contributed by atoms with E-state index < -0.39 is 5.60 Å². The van der Waals surface area contributed by atoms with Crippen LogP contribution in [0.4, 0.5) is 0 Å². The monoisotopic (exact) mass is 236 g/mol. The first-order valence-electron chi connectivity index (χ1n) is 7.09. The number of nitrogens with zero attached hydrogens (tertiary/aromatic N) is 1. The van der Waals surface area contributed by atoms with E-state index in [1.165, 1.54) is 19.3 Å². The summed E-state index contributed by atoms with van der Waals surface area (Å²) in [6.45, 7) is 0.676. The second-order valence-electron chi connectivity index (χ2n) is 5.79. The summed E-state index contributed by atoms with van der Waals surface area (Å²) < 4.78 is 0. The molecule has 0 radical (unpaired) electrons. The molecule has 2 saturated carbocycles. The van der Waals surface area contributed by atoms with Crippen molar-refractivity contribution in [1.82, 2.24) is 5.32 Å². The molecule has 0 amide bonds. The number of hydrogen-bond acceptors (Lipinski definition) is 3. The Kier molecular flexibility index (Phi) is 4.42. The topological polar surface area (TPSA) is 56.0 Å². The molecule has 3 heteroatoms. The molecule has 2 unspecified atom stereocenters. The average molecular weight is 236 g/mol. The normalized spacial score (nSPS) is 32.9. The van der Waals surface area contributed by atoms with Crippen LogP contribution in [0, 0.1) is 17.2 Å². The molecule has 0 saturated heterocycles. The summed E-state index contributed by atoms with van der Waals surface area (Å²) in [4.78, 5) is 0. The molecule has 2 N–H and O–H groups in total. The number of nitrogens with one attached hydrogen (secondary N) is 1. The average Bonchev–Trinajstić information content (AvgIpc) is 2.38. The lowest BCUT2D eigenvalue weighted by Gasteiger charge is -2.36. The molecule has 0 aromatic heterocycles. The van der Waals surface area contributed by atoms with Gasteiger partial charge >= 0.3 is 0 Å². The van der Waals surface area contributed by atoms with Gasteiger partial charge in [0.05, 0.1) is 17.6 Å². The Hall–Kier alpha value is -0.590. The van der Waals surface area contributed by atoms with Crippen molar-refractivity contribution in [1.29, 1.82) is 5.26 Å². The van der Waals surface area contributed by atoms with Crippen LogP contribution in [0.1, 0.15) is 57.8 Å². The lowest BCUT2D eigenvalue weighted by Crippen LogP contribution is -2.48. The highest BCUT2D eigenvalue weighted by Gasteiger charge is 2.31. The van der Waals surface area contributed by atoms with Gasteiger partial charge in [-0.3, -0.25) is 0 Å². The Morgan fingerprint density at radius 2 is 1.82 bits per heavy atom. The van der Waals surface area contributed by atoms with E-state index in [1.807, 2.05) is 0 Å². The van der Waals surface area contributed by atoms with Gasteiger partial charge in [-0.15, -0.1) is 0 Å². The Labute approximate surface area is 104 Å². The van der Waals surface area contributed by atoms with Crippen LogP contribution in [0.15, 0.2) is 0 Å². The Bertz CT molecular complexity index is 278. The summed E-state index contributed by atoms with van der Waals surface area (Å²) in [6, 6.07) is 2.72. The van der Waals surface area contributed by atoms with E-state index in [4.69, 9.17) is 5.26 Å². The first kappa shape index (κ1) is 12.9. The van der Waals surface area contributed by atoms with Crippen LogP contribution in [-0.4, -0.2) is 23.3 Å². The quantitative estimate of drug-likeness (QED) is 0.791. The molecule has 0 heterocycles. The lowest BCUT2D eigenvalue weighted by molar-refractivity contribution is 0.000649. The first-order valence-corrected chi connectivity index (χ1v) is 7.09. The largest absolute Gasteiger partial charge is 0.389 e. The Morgan fingerprint density at radius 3 is 2.53 bits per heavy atom. The molecule has 0 aromatic rings. The SMILES string of the molecule is N#CC1CCCCC1NCC1(O)CCCCC1. The van der Waals surface area contributed by atoms with E-state index in [-0.39, 0.29) is 5.92 Å². The minimum absolute atomic E-state index is 0.149. The third-order valence-corrected chi connectivity index (χ3v) is 4.41. The van der Waals surface area contributed by atoms with Crippen LogP contribution < -0.4 is 5.32 Å². The predicted molar refractivity (Wildman–Crippen MR) is 67.4 cm³/mol. The van der Waals surface area contributed by atoms with Crippen molar-refractivity contribution in [3.63, 3.8) is 0 Å². The third-order valence-electron chi connectivity index (χ3n) is 4.41. The molecule has 2 fully saturated rings. The molecule has 17 heavy (non-hydrogen) atoms. The first-order chi connectivity index (χ1) is 8.23. The maximum atomic E-state index is 10.4. The number of nitriles is 1. The van der Waals surface area contributed by atoms with Gasteiger partial charge in [0, 0.05) is 12.6 Å². The summed E-state index contributed by atoms with van der Waals surface area (Å²) in [6.07, 6.45) is 9.89. The van der Waals surface area contributed by atoms with E-state index in [0.29, 0.717) is 12.6 Å². The summed E-state index contributed by atoms with van der Waals surface area (Å²) >= 11 is 0. The highest BCUT2D eigenvalue weighted by molar-refractivity contribution is 4.96. The van der Waals surface area contributed by atoms with Crippen LogP contribution in [0.3, 0.4) is 0 Å². The second kappa shape index (κ2) is 5.84. The molecular weight excluding hydrogens is 212 g/mol. The molecule has 3 nitrogen and oxygen atoms in total. The van der Waals surface area contributed by atoms with Gasteiger partial charge in [0.2, 0.25) is 0 Å². The molecule has 0 bridgehead atoms. The van der Waals surface area contributed by atoms with Crippen molar-refractivity contribution in [2.45, 2.75) is 69.4 Å². The van der Waals surface area contributed by atoms with Gasteiger partial charge in [-0.05, 0) is 25.7 Å². The van der Waals surface area contributed by atoms with E-state index in [9.17, 15) is 5.11 Å². The van der Waals surface area contributed by atoms with Crippen molar-refractivity contribution in [3.05, 3.63) is 0 Å². The van der Waals surface area contributed by atoms with Gasteiger partial charge in [-0.1, -0.05) is 32.1 Å². The Morgan fingerprint density at radius 1 is 1.12 bits per heavy atom. The minimum atomic E-state index is -0.504. The summed E-state index contributed by atoms with van der Waals surface area (Å²) in [5.74, 6) is 0.149. The highest BCUT2D eigenvalue weighted by Crippen LogP contribution is 2.29. The molecule has 2 atom stereocenters. The van der Waals surface area contributed by atoms with Crippen molar-refractivity contribution >= 4 is 0 Å². The third kappa shape index (κ3) is 3.43. The molecule has 0 aliphatic heterocycles. The predicted octanol–water partition coefficient (Wildman–Crippen LogP) is 2.35. The van der Waals surface area contributed by atoms with Gasteiger partial charge in [0.25, 0.3) is 0 Å². The molecule has 0 aromatic carbocycles. The molecule has 0 spiro atoms. The summed E-state index contributed by atoms with van der Waals surface area (Å²) in [7, 11) is 0. The number of rotatable bonds is 3.